The van der Waals surface area contributed by atoms with E-state index in [1.807, 2.05) is 42.8 Å². The molecule has 0 spiro atoms. The Labute approximate surface area is 269 Å². The quantitative estimate of drug-likeness (QED) is 0.190. The zero-order valence-corrected chi connectivity index (χ0v) is 27.0. The van der Waals surface area contributed by atoms with E-state index in [2.05, 4.69) is 10.9 Å². The Kier molecular flexibility index (Phi) is 8.56. The van der Waals surface area contributed by atoms with Crippen LogP contribution in [0.2, 0.25) is 5.02 Å². The number of benzene rings is 1. The molecule has 1 unspecified atom stereocenters. The van der Waals surface area contributed by atoms with Crippen LogP contribution in [0.4, 0.5) is 8.78 Å². The van der Waals surface area contributed by atoms with Crippen molar-refractivity contribution in [1.29, 1.82) is 0 Å². The number of allylic oxidation sites excluding steroid dienone is 2. The molecule has 1 aliphatic heterocycles. The van der Waals surface area contributed by atoms with Crippen molar-refractivity contribution in [1.82, 2.24) is 14.8 Å². The van der Waals surface area contributed by atoms with Crippen LogP contribution in [0.5, 0.6) is 5.75 Å². The van der Waals surface area contributed by atoms with Gasteiger partial charge in [-0.25, -0.2) is 23.4 Å². The minimum Gasteiger partial charge on any atom is -0.491 e. The predicted octanol–water partition coefficient (Wildman–Crippen LogP) is 7.08. The summed E-state index contributed by atoms with van der Waals surface area (Å²) in [4.78, 5) is 38.0. The van der Waals surface area contributed by atoms with E-state index >= 15 is 0 Å². The van der Waals surface area contributed by atoms with Gasteiger partial charge in [-0.15, -0.1) is 11.3 Å². The lowest BCUT2D eigenvalue weighted by atomic mass is 9.82. The highest BCUT2D eigenvalue weighted by Crippen LogP contribution is 2.44. The molecule has 1 atom stereocenters. The van der Waals surface area contributed by atoms with Gasteiger partial charge < -0.3 is 14.4 Å². The number of thiophene rings is 1. The Morgan fingerprint density at radius 3 is 2.71 bits per heavy atom. The van der Waals surface area contributed by atoms with Crippen molar-refractivity contribution in [3.05, 3.63) is 62.9 Å². The fourth-order valence-corrected chi connectivity index (χ4v) is 7.66. The van der Waals surface area contributed by atoms with E-state index in [0.29, 0.717) is 52.8 Å². The number of carbonyl (C=O) groups is 1. The molecule has 0 amide bonds. The van der Waals surface area contributed by atoms with Crippen molar-refractivity contribution in [3.8, 4) is 16.9 Å². The Bertz CT molecular complexity index is 1790. The van der Waals surface area contributed by atoms with Gasteiger partial charge in [-0.1, -0.05) is 11.6 Å². The summed E-state index contributed by atoms with van der Waals surface area (Å²) < 4.78 is 39.2. The van der Waals surface area contributed by atoms with Gasteiger partial charge in [0.2, 0.25) is 0 Å². The van der Waals surface area contributed by atoms with Crippen molar-refractivity contribution in [2.24, 2.45) is 4.99 Å². The third-order valence-corrected chi connectivity index (χ3v) is 10.2. The van der Waals surface area contributed by atoms with Crippen LogP contribution < -0.4 is 4.74 Å². The SMILES string of the molecule is COC(=O)c1csc2c(-c3cc(Cl)ccc3OCCN3C(=C=O)C4=C(CCC(N(C)C5CC(F)(F)C5)C4)N=C3C)cc(C)nc12. The molecule has 1 fully saturated rings. The van der Waals surface area contributed by atoms with Crippen molar-refractivity contribution < 1.29 is 27.8 Å². The first-order chi connectivity index (χ1) is 21.5. The molecule has 2 aliphatic carbocycles. The molecule has 3 heterocycles. The van der Waals surface area contributed by atoms with Crippen molar-refractivity contribution in [2.45, 2.75) is 64.0 Å². The maximum Gasteiger partial charge on any atom is 0.340 e. The second-order valence-electron chi connectivity index (χ2n) is 11.8. The van der Waals surface area contributed by atoms with E-state index in [1.54, 1.807) is 17.5 Å². The van der Waals surface area contributed by atoms with E-state index in [1.165, 1.54) is 18.4 Å². The predicted molar refractivity (Wildman–Crippen MR) is 171 cm³/mol. The minimum absolute atomic E-state index is 0.0501. The molecule has 0 radical (unpaired) electrons. The van der Waals surface area contributed by atoms with Gasteiger partial charge in [0, 0.05) is 63.4 Å². The van der Waals surface area contributed by atoms with Crippen LogP contribution >= 0.6 is 22.9 Å². The molecule has 12 heteroatoms. The van der Waals surface area contributed by atoms with Crippen LogP contribution in [0.15, 0.2) is 51.6 Å². The molecule has 1 saturated carbocycles. The highest BCUT2D eigenvalue weighted by molar-refractivity contribution is 7.18. The van der Waals surface area contributed by atoms with Gasteiger partial charge in [0.05, 0.1) is 29.4 Å². The number of nitrogens with zero attached hydrogens (tertiary/aromatic N) is 4. The van der Waals surface area contributed by atoms with E-state index in [4.69, 9.17) is 26.1 Å². The number of alkyl halides is 2. The molecule has 1 aromatic carbocycles. The van der Waals surface area contributed by atoms with Gasteiger partial charge in [0.25, 0.3) is 5.92 Å². The van der Waals surface area contributed by atoms with Gasteiger partial charge >= 0.3 is 5.97 Å². The smallest absolute Gasteiger partial charge is 0.340 e. The third-order valence-electron chi connectivity index (χ3n) is 8.92. The molecule has 0 N–H and O–H groups in total. The van der Waals surface area contributed by atoms with Crippen molar-refractivity contribution in [2.75, 3.05) is 27.3 Å². The highest BCUT2D eigenvalue weighted by Gasteiger charge is 2.48. The first-order valence-electron chi connectivity index (χ1n) is 14.8. The molecule has 6 rings (SSSR count). The molecule has 3 aliphatic rings. The number of aryl methyl sites for hydroxylation is 1. The van der Waals surface area contributed by atoms with Crippen LogP contribution in [0, 0.1) is 6.92 Å². The molecular weight excluding hydrogens is 622 g/mol. The standard InChI is InChI=1S/C33H33ClF2N4O4S/c1-18-11-24(31-30(37-18)26(17-45-31)32(42)43-4)23-12-20(34)5-8-29(23)44-10-9-40-19(2)38-27-7-6-21(13-25(27)28(40)16-41)39(3)22-14-33(35,36)15-22/h5,8,11-12,17,21-22H,6-7,9-10,13-15H2,1-4H3. The maximum absolute atomic E-state index is 13.6. The highest BCUT2D eigenvalue weighted by atomic mass is 35.5. The molecule has 45 heavy (non-hydrogen) atoms. The molecule has 3 aromatic rings. The lowest BCUT2D eigenvalue weighted by Gasteiger charge is -2.46. The number of amidine groups is 1. The molecule has 236 valence electrons. The van der Waals surface area contributed by atoms with Crippen molar-refractivity contribution >= 4 is 50.9 Å². The molecule has 2 aromatic heterocycles. The van der Waals surface area contributed by atoms with Gasteiger partial charge in [-0.2, -0.15) is 0 Å². The average molecular weight is 655 g/mol. The fraction of sp³-hybridized carbons (Fsp3) is 0.424. The summed E-state index contributed by atoms with van der Waals surface area (Å²) in [5.74, 6) is 0.369. The van der Waals surface area contributed by atoms with Gasteiger partial charge in [0.15, 0.2) is 5.94 Å². The van der Waals surface area contributed by atoms with Crippen LogP contribution in [-0.4, -0.2) is 77.8 Å². The number of aliphatic imine (C=N–C) groups is 1. The number of aromatic nitrogens is 1. The Balaban J connectivity index is 1.21. The molecular formula is C33H33ClF2N4O4S. The number of halogens is 3. The van der Waals surface area contributed by atoms with Crippen LogP contribution in [-0.2, 0) is 9.53 Å². The Morgan fingerprint density at radius 1 is 1.22 bits per heavy atom. The van der Waals surface area contributed by atoms with Crippen LogP contribution in [0.1, 0.15) is 55.1 Å². The van der Waals surface area contributed by atoms with Gasteiger partial charge in [0.1, 0.15) is 23.9 Å². The molecule has 0 bridgehead atoms. The Hall–Kier alpha value is -3.63. The number of fused-ring (bicyclic) bond motifs is 1. The number of esters is 1. The zero-order chi connectivity index (χ0) is 32.0. The summed E-state index contributed by atoms with van der Waals surface area (Å²) in [6.45, 7) is 4.28. The van der Waals surface area contributed by atoms with Crippen LogP contribution in [0.25, 0.3) is 21.3 Å². The van der Waals surface area contributed by atoms with Crippen LogP contribution in [0.3, 0.4) is 0 Å². The van der Waals surface area contributed by atoms with E-state index < -0.39 is 11.9 Å². The summed E-state index contributed by atoms with van der Waals surface area (Å²) in [5.41, 5.74) is 5.37. The zero-order valence-electron chi connectivity index (χ0n) is 25.5. The second kappa shape index (κ2) is 12.3. The lowest BCUT2D eigenvalue weighted by molar-refractivity contribution is -0.127. The van der Waals surface area contributed by atoms with E-state index in [9.17, 15) is 18.4 Å². The number of methoxy groups -OCH3 is 1. The fourth-order valence-electron chi connectivity index (χ4n) is 6.48. The first kappa shape index (κ1) is 31.4. The van der Waals surface area contributed by atoms with E-state index in [-0.39, 0.29) is 31.5 Å². The summed E-state index contributed by atoms with van der Waals surface area (Å²) in [6.07, 6.45) is 1.78. The summed E-state index contributed by atoms with van der Waals surface area (Å²) in [5, 5.41) is 2.26. The largest absolute Gasteiger partial charge is 0.491 e. The number of ether oxygens (including phenoxy) is 2. The number of pyridine rings is 1. The number of hydrogen-bond acceptors (Lipinski definition) is 9. The minimum atomic E-state index is -2.59. The first-order valence-corrected chi connectivity index (χ1v) is 16.1. The second-order valence-corrected chi connectivity index (χ2v) is 13.1. The monoisotopic (exact) mass is 654 g/mol. The average Bonchev–Trinajstić information content (AvgIpc) is 3.43. The molecule has 8 nitrogen and oxygen atoms in total. The summed E-state index contributed by atoms with van der Waals surface area (Å²) in [7, 11) is 3.24. The number of hydrogen-bond donors (Lipinski definition) is 0. The normalized spacial score (nSPS) is 19.7. The van der Waals surface area contributed by atoms with Crippen molar-refractivity contribution in [3.63, 3.8) is 0 Å². The Morgan fingerprint density at radius 2 is 2.00 bits per heavy atom. The lowest BCUT2D eigenvalue weighted by Crippen LogP contribution is -2.53. The summed E-state index contributed by atoms with van der Waals surface area (Å²) in [6, 6.07) is 7.19. The number of rotatable bonds is 8. The van der Waals surface area contributed by atoms with Gasteiger partial charge in [-0.05, 0) is 64.4 Å². The van der Waals surface area contributed by atoms with Gasteiger partial charge in [-0.3, -0.25) is 9.88 Å². The summed E-state index contributed by atoms with van der Waals surface area (Å²) >= 11 is 7.83. The topological polar surface area (TPSA) is 84.3 Å². The molecule has 0 saturated heterocycles. The maximum atomic E-state index is 13.6. The number of carbonyl (C=O) groups excluding carboxylic acids is 2. The van der Waals surface area contributed by atoms with E-state index in [0.717, 1.165) is 39.2 Å². The third kappa shape index (κ3) is 6.02.